The van der Waals surface area contributed by atoms with Crippen molar-refractivity contribution < 1.29 is 19.1 Å². The number of carbonyl (C=O) groups is 2. The van der Waals surface area contributed by atoms with Crippen molar-refractivity contribution in [1.29, 1.82) is 0 Å². The smallest absolute Gasteiger partial charge is 0.408 e. The summed E-state index contributed by atoms with van der Waals surface area (Å²) in [5.74, 6) is 0.297. The number of hydrogen-bond acceptors (Lipinski definition) is 5. The fourth-order valence-electron chi connectivity index (χ4n) is 2.72. The number of ether oxygens (including phenoxy) is 2. The van der Waals surface area contributed by atoms with E-state index in [1.807, 2.05) is 18.2 Å². The Hall–Kier alpha value is -2.83. The van der Waals surface area contributed by atoms with Crippen molar-refractivity contribution in [3.8, 4) is 5.75 Å². The topological polar surface area (TPSA) is 80.8 Å². The maximum absolute atomic E-state index is 12.8. The molecule has 3 rings (SSSR count). The van der Waals surface area contributed by atoms with E-state index >= 15 is 0 Å². The van der Waals surface area contributed by atoms with E-state index in [0.29, 0.717) is 11.4 Å². The molecule has 7 nitrogen and oxygen atoms in total. The molecule has 0 saturated carbocycles. The van der Waals surface area contributed by atoms with E-state index in [2.05, 4.69) is 10.3 Å². The van der Waals surface area contributed by atoms with Crippen LogP contribution in [0.4, 0.5) is 10.5 Å². The van der Waals surface area contributed by atoms with Crippen LogP contribution in [0, 0.1) is 0 Å². The van der Waals surface area contributed by atoms with Gasteiger partial charge in [0.1, 0.15) is 24.0 Å². The van der Waals surface area contributed by atoms with Gasteiger partial charge in [-0.1, -0.05) is 0 Å². The summed E-state index contributed by atoms with van der Waals surface area (Å²) in [7, 11) is 1.66. The largest absolute Gasteiger partial charge is 0.489 e. The Kier molecular flexibility index (Phi) is 4.24. The Morgan fingerprint density at radius 1 is 1.36 bits per heavy atom. The van der Waals surface area contributed by atoms with Crippen LogP contribution in [0.15, 0.2) is 30.5 Å². The Morgan fingerprint density at radius 3 is 2.84 bits per heavy atom. The van der Waals surface area contributed by atoms with Gasteiger partial charge in [0, 0.05) is 18.6 Å². The predicted molar refractivity (Wildman–Crippen MR) is 93.8 cm³/mol. The van der Waals surface area contributed by atoms with Crippen LogP contribution in [-0.2, 0) is 9.53 Å². The van der Waals surface area contributed by atoms with Gasteiger partial charge in [-0.3, -0.25) is 9.78 Å². The van der Waals surface area contributed by atoms with Gasteiger partial charge in [0.05, 0.1) is 11.2 Å². The summed E-state index contributed by atoms with van der Waals surface area (Å²) in [6.07, 6.45) is 1.04. The normalized spacial score (nSPS) is 17.5. The fraction of sp³-hybridized carbons (Fsp3) is 0.389. The number of aromatic nitrogens is 1. The third kappa shape index (κ3) is 3.50. The molecule has 1 aliphatic rings. The maximum atomic E-state index is 12.8. The zero-order valence-corrected chi connectivity index (χ0v) is 14.7. The minimum atomic E-state index is -0.834. The first-order valence-electron chi connectivity index (χ1n) is 8.04. The number of alkyl carbamates (subject to hydrolysis) is 1. The van der Waals surface area contributed by atoms with Crippen molar-refractivity contribution in [3.05, 3.63) is 30.5 Å². The third-order valence-corrected chi connectivity index (χ3v) is 3.78. The molecule has 7 heteroatoms. The molecule has 0 aliphatic carbocycles. The van der Waals surface area contributed by atoms with E-state index in [-0.39, 0.29) is 12.5 Å². The number of likely N-dealkylation sites (N-methyl/N-ethyl adjacent to an activating group) is 1. The highest BCUT2D eigenvalue weighted by molar-refractivity contribution is 6.07. The monoisotopic (exact) mass is 343 g/mol. The van der Waals surface area contributed by atoms with Crippen LogP contribution in [0.3, 0.4) is 0 Å². The van der Waals surface area contributed by atoms with Gasteiger partial charge >= 0.3 is 6.09 Å². The average molecular weight is 343 g/mol. The van der Waals surface area contributed by atoms with Crippen LogP contribution in [0.2, 0.25) is 0 Å². The summed E-state index contributed by atoms with van der Waals surface area (Å²) >= 11 is 0. The van der Waals surface area contributed by atoms with Crippen LogP contribution >= 0.6 is 0 Å². The second kappa shape index (κ2) is 6.23. The first kappa shape index (κ1) is 17.0. The number of benzene rings is 1. The highest BCUT2D eigenvalue weighted by Gasteiger charge is 2.32. The van der Waals surface area contributed by atoms with Crippen molar-refractivity contribution in [2.45, 2.75) is 32.4 Å². The number of carbonyl (C=O) groups excluding carboxylic acids is 2. The summed E-state index contributed by atoms with van der Waals surface area (Å²) < 4.78 is 11.0. The molecule has 132 valence electrons. The van der Waals surface area contributed by atoms with Crippen molar-refractivity contribution >= 4 is 28.6 Å². The molecule has 1 aliphatic heterocycles. The summed E-state index contributed by atoms with van der Waals surface area (Å²) in [5, 5.41) is 3.40. The van der Waals surface area contributed by atoms with Crippen LogP contribution in [0.5, 0.6) is 5.75 Å². The van der Waals surface area contributed by atoms with Crippen LogP contribution in [0.1, 0.15) is 20.8 Å². The van der Waals surface area contributed by atoms with Crippen LogP contribution < -0.4 is 15.0 Å². The lowest BCUT2D eigenvalue weighted by Crippen LogP contribution is -2.50. The first-order valence-corrected chi connectivity index (χ1v) is 8.04. The molecule has 0 bridgehead atoms. The second-order valence-electron chi connectivity index (χ2n) is 6.89. The van der Waals surface area contributed by atoms with E-state index in [1.165, 1.54) is 4.90 Å². The Bertz CT molecular complexity index is 829. The molecule has 0 fully saturated rings. The highest BCUT2D eigenvalue weighted by atomic mass is 16.6. The van der Waals surface area contributed by atoms with E-state index in [0.717, 1.165) is 10.9 Å². The molecule has 0 radical (unpaired) electrons. The fourth-order valence-corrected chi connectivity index (χ4v) is 2.72. The molecular weight excluding hydrogens is 322 g/mol. The number of pyridine rings is 1. The van der Waals surface area contributed by atoms with E-state index in [1.54, 1.807) is 40.1 Å². The number of rotatable bonds is 1. The Labute approximate surface area is 145 Å². The van der Waals surface area contributed by atoms with Crippen molar-refractivity contribution in [3.63, 3.8) is 0 Å². The molecule has 25 heavy (non-hydrogen) atoms. The van der Waals surface area contributed by atoms with E-state index in [4.69, 9.17) is 9.47 Å². The van der Waals surface area contributed by atoms with Gasteiger partial charge in [-0.2, -0.15) is 0 Å². The quantitative estimate of drug-likeness (QED) is 0.860. The van der Waals surface area contributed by atoms with Gasteiger partial charge in [-0.15, -0.1) is 0 Å². The summed E-state index contributed by atoms with van der Waals surface area (Å²) in [5.41, 5.74) is 0.766. The lowest BCUT2D eigenvalue weighted by molar-refractivity contribution is -0.120. The zero-order valence-electron chi connectivity index (χ0n) is 14.7. The van der Waals surface area contributed by atoms with Gasteiger partial charge < -0.3 is 19.7 Å². The zero-order chi connectivity index (χ0) is 18.2. The van der Waals surface area contributed by atoms with Gasteiger partial charge in [0.2, 0.25) is 0 Å². The molecule has 2 aromatic rings. The van der Waals surface area contributed by atoms with Crippen molar-refractivity contribution in [1.82, 2.24) is 10.3 Å². The molecule has 1 unspecified atom stereocenters. The summed E-state index contributed by atoms with van der Waals surface area (Å²) in [4.78, 5) is 30.6. The number of nitrogens with one attached hydrogen (secondary N) is 1. The van der Waals surface area contributed by atoms with E-state index in [9.17, 15) is 9.59 Å². The molecule has 2 amide bonds. The minimum Gasteiger partial charge on any atom is -0.489 e. The number of nitrogens with zero attached hydrogens (tertiary/aromatic N) is 2. The maximum Gasteiger partial charge on any atom is 0.408 e. The highest BCUT2D eigenvalue weighted by Crippen LogP contribution is 2.37. The number of amides is 2. The number of hydrogen-bond donors (Lipinski definition) is 1. The molecular formula is C18H21N3O4. The van der Waals surface area contributed by atoms with Crippen LogP contribution in [0.25, 0.3) is 10.9 Å². The third-order valence-electron chi connectivity index (χ3n) is 3.78. The molecule has 1 aromatic heterocycles. The first-order chi connectivity index (χ1) is 11.8. The lowest BCUT2D eigenvalue weighted by atomic mass is 10.1. The Balaban J connectivity index is 1.89. The minimum absolute atomic E-state index is 0.0290. The predicted octanol–water partition coefficient (Wildman–Crippen LogP) is 2.48. The molecule has 0 saturated heterocycles. The average Bonchev–Trinajstić information content (AvgIpc) is 2.65. The summed E-state index contributed by atoms with van der Waals surface area (Å²) in [6, 6.07) is 6.48. The second-order valence-corrected chi connectivity index (χ2v) is 6.89. The van der Waals surface area contributed by atoms with Crippen molar-refractivity contribution in [2.75, 3.05) is 18.6 Å². The molecule has 0 spiro atoms. The van der Waals surface area contributed by atoms with Crippen LogP contribution in [-0.4, -0.2) is 42.3 Å². The van der Waals surface area contributed by atoms with Gasteiger partial charge in [-0.05, 0) is 45.0 Å². The SMILES string of the molecule is CN1C(=O)C(NC(=O)OC(C)(C)C)COc2ccc3ncccc3c21. The standard InChI is InChI=1S/C18H21N3O4/c1-18(2,3)25-17(23)20-13-10-24-14-8-7-12-11(6-5-9-19-12)15(14)21(4)16(13)22/h5-9,13H,10H2,1-4H3,(H,20,23). The lowest BCUT2D eigenvalue weighted by Gasteiger charge is -2.24. The molecule has 1 N–H and O–H groups in total. The van der Waals surface area contributed by atoms with Gasteiger partial charge in [-0.25, -0.2) is 4.79 Å². The Morgan fingerprint density at radius 2 is 2.12 bits per heavy atom. The van der Waals surface area contributed by atoms with Gasteiger partial charge in [0.15, 0.2) is 0 Å². The van der Waals surface area contributed by atoms with E-state index < -0.39 is 17.7 Å². The van der Waals surface area contributed by atoms with Gasteiger partial charge in [0.25, 0.3) is 5.91 Å². The number of fused-ring (bicyclic) bond motifs is 3. The van der Waals surface area contributed by atoms with Crippen molar-refractivity contribution in [2.24, 2.45) is 0 Å². The molecule has 1 aromatic carbocycles. The number of anilines is 1. The molecule has 1 atom stereocenters. The molecule has 2 heterocycles. The summed E-state index contributed by atoms with van der Waals surface area (Å²) in [6.45, 7) is 5.32.